The zero-order valence-corrected chi connectivity index (χ0v) is 17.0. The largest absolute Gasteiger partial charge is 0.494 e. The van der Waals surface area contributed by atoms with E-state index in [9.17, 15) is 9.59 Å². The van der Waals surface area contributed by atoms with E-state index in [2.05, 4.69) is 10.4 Å². The Bertz CT molecular complexity index is 999. The number of ether oxygens (including phenoxy) is 3. The van der Waals surface area contributed by atoms with Crippen molar-refractivity contribution in [2.45, 2.75) is 20.0 Å². The van der Waals surface area contributed by atoms with Crippen molar-refractivity contribution in [1.29, 1.82) is 0 Å². The lowest BCUT2D eigenvalue weighted by molar-refractivity contribution is -0.123. The number of para-hydroxylation sites is 1. The van der Waals surface area contributed by atoms with Crippen molar-refractivity contribution in [2.24, 2.45) is 0 Å². The van der Waals surface area contributed by atoms with Gasteiger partial charge < -0.3 is 19.5 Å². The summed E-state index contributed by atoms with van der Waals surface area (Å²) in [7, 11) is 1.44. The number of benzene rings is 2. The lowest BCUT2D eigenvalue weighted by Crippen LogP contribution is -2.30. The van der Waals surface area contributed by atoms with E-state index in [4.69, 9.17) is 14.2 Å². The minimum atomic E-state index is -1.03. The Morgan fingerprint density at radius 1 is 1.10 bits per heavy atom. The molecule has 0 saturated heterocycles. The van der Waals surface area contributed by atoms with E-state index in [1.54, 1.807) is 30.5 Å². The molecule has 3 aromatic rings. The number of rotatable bonds is 8. The van der Waals surface area contributed by atoms with E-state index in [0.717, 1.165) is 5.69 Å². The fraction of sp³-hybridized carbons (Fsp3) is 0.227. The molecule has 0 aliphatic heterocycles. The zero-order valence-electron chi connectivity index (χ0n) is 17.0. The average molecular weight is 409 g/mol. The summed E-state index contributed by atoms with van der Waals surface area (Å²) in [4.78, 5) is 25.0. The second kappa shape index (κ2) is 9.60. The van der Waals surface area contributed by atoms with Crippen LogP contribution in [0.5, 0.6) is 11.5 Å². The first-order chi connectivity index (χ1) is 14.5. The Labute approximate surface area is 174 Å². The summed E-state index contributed by atoms with van der Waals surface area (Å²) in [5.74, 6) is -0.260. The Kier molecular flexibility index (Phi) is 6.69. The molecule has 0 aliphatic rings. The molecule has 1 heterocycles. The van der Waals surface area contributed by atoms with Gasteiger partial charge in [-0.15, -0.1) is 0 Å². The number of esters is 1. The second-order valence-corrected chi connectivity index (χ2v) is 6.32. The Morgan fingerprint density at radius 2 is 1.80 bits per heavy atom. The first-order valence-corrected chi connectivity index (χ1v) is 9.45. The Hall–Kier alpha value is -3.81. The van der Waals surface area contributed by atoms with Crippen LogP contribution in [0.1, 0.15) is 24.3 Å². The van der Waals surface area contributed by atoms with Gasteiger partial charge in [0.1, 0.15) is 5.75 Å². The summed E-state index contributed by atoms with van der Waals surface area (Å²) in [6.07, 6.45) is 0.548. The molecule has 0 radical (unpaired) electrons. The molecule has 1 N–H and O–H groups in total. The fourth-order valence-corrected chi connectivity index (χ4v) is 2.68. The van der Waals surface area contributed by atoms with E-state index in [1.165, 1.54) is 18.7 Å². The summed E-state index contributed by atoms with van der Waals surface area (Å²) in [5.41, 5.74) is 1.32. The molecule has 30 heavy (non-hydrogen) atoms. The van der Waals surface area contributed by atoms with Crippen LogP contribution >= 0.6 is 0 Å². The predicted octanol–water partition coefficient (Wildman–Crippen LogP) is 3.46. The van der Waals surface area contributed by atoms with Gasteiger partial charge in [0, 0.05) is 5.69 Å². The second-order valence-electron chi connectivity index (χ2n) is 6.32. The maximum atomic E-state index is 12.6. The monoisotopic (exact) mass is 409 g/mol. The van der Waals surface area contributed by atoms with Crippen molar-refractivity contribution < 1.29 is 23.8 Å². The van der Waals surface area contributed by atoms with Crippen LogP contribution in [0.15, 0.2) is 60.8 Å². The quantitative estimate of drug-likeness (QED) is 0.573. The first-order valence-electron chi connectivity index (χ1n) is 9.45. The summed E-state index contributed by atoms with van der Waals surface area (Å²) >= 11 is 0. The van der Waals surface area contributed by atoms with Crippen LogP contribution in [0.4, 0.5) is 5.69 Å². The molecule has 8 heteroatoms. The molecule has 156 valence electrons. The van der Waals surface area contributed by atoms with E-state index in [1.807, 2.05) is 37.3 Å². The van der Waals surface area contributed by atoms with E-state index in [0.29, 0.717) is 18.0 Å². The summed E-state index contributed by atoms with van der Waals surface area (Å²) in [6.45, 7) is 3.94. The Balaban J connectivity index is 1.66. The summed E-state index contributed by atoms with van der Waals surface area (Å²) < 4.78 is 17.4. The first kappa shape index (κ1) is 20.9. The number of anilines is 1. The van der Waals surface area contributed by atoms with Crippen molar-refractivity contribution in [3.63, 3.8) is 0 Å². The van der Waals surface area contributed by atoms with Crippen LogP contribution in [0.25, 0.3) is 5.69 Å². The van der Waals surface area contributed by atoms with E-state index in [-0.39, 0.29) is 11.4 Å². The molecule has 0 unspecified atom stereocenters. The van der Waals surface area contributed by atoms with Gasteiger partial charge in [0.05, 0.1) is 25.6 Å². The molecule has 1 aromatic heterocycles. The molecular formula is C22H23N3O5. The van der Waals surface area contributed by atoms with Crippen LogP contribution in [0, 0.1) is 0 Å². The molecule has 0 spiro atoms. The van der Waals surface area contributed by atoms with Gasteiger partial charge in [-0.1, -0.05) is 18.2 Å². The number of nitrogens with zero attached hydrogens (tertiary/aromatic N) is 2. The van der Waals surface area contributed by atoms with Gasteiger partial charge in [-0.05, 0) is 50.2 Å². The van der Waals surface area contributed by atoms with Gasteiger partial charge in [0.2, 0.25) is 5.69 Å². The average Bonchev–Trinajstić information content (AvgIpc) is 3.20. The molecule has 1 amide bonds. The summed E-state index contributed by atoms with van der Waals surface area (Å²) in [5, 5.41) is 6.95. The number of hydrogen-bond donors (Lipinski definition) is 1. The van der Waals surface area contributed by atoms with Crippen molar-refractivity contribution >= 4 is 17.6 Å². The van der Waals surface area contributed by atoms with Crippen molar-refractivity contribution in [3.8, 4) is 17.2 Å². The number of amides is 1. The molecule has 3 rings (SSSR count). The molecule has 1 atom stereocenters. The number of hydrogen-bond acceptors (Lipinski definition) is 6. The van der Waals surface area contributed by atoms with Gasteiger partial charge >= 0.3 is 5.97 Å². The van der Waals surface area contributed by atoms with Gasteiger partial charge in [-0.2, -0.15) is 5.10 Å². The maximum absolute atomic E-state index is 12.6. The van der Waals surface area contributed by atoms with Gasteiger partial charge in [0.15, 0.2) is 11.9 Å². The lowest BCUT2D eigenvalue weighted by Gasteiger charge is -2.13. The molecule has 2 aromatic carbocycles. The molecule has 0 bridgehead atoms. The minimum Gasteiger partial charge on any atom is -0.494 e. The molecule has 8 nitrogen and oxygen atoms in total. The third-order valence-electron chi connectivity index (χ3n) is 4.20. The number of nitrogens with one attached hydrogen (secondary N) is 1. The fourth-order valence-electron chi connectivity index (χ4n) is 2.68. The third kappa shape index (κ3) is 4.96. The van der Waals surface area contributed by atoms with Crippen molar-refractivity contribution in [2.75, 3.05) is 19.0 Å². The van der Waals surface area contributed by atoms with Crippen LogP contribution in [-0.2, 0) is 9.53 Å². The highest BCUT2D eigenvalue weighted by Gasteiger charge is 2.25. The van der Waals surface area contributed by atoms with Crippen LogP contribution < -0.4 is 14.8 Å². The number of carbonyl (C=O) groups excluding carboxylic acids is 2. The van der Waals surface area contributed by atoms with Crippen molar-refractivity contribution in [1.82, 2.24) is 9.78 Å². The van der Waals surface area contributed by atoms with Crippen LogP contribution in [0.2, 0.25) is 0 Å². The predicted molar refractivity (Wildman–Crippen MR) is 111 cm³/mol. The van der Waals surface area contributed by atoms with Gasteiger partial charge in [-0.3, -0.25) is 4.79 Å². The highest BCUT2D eigenvalue weighted by atomic mass is 16.6. The van der Waals surface area contributed by atoms with Gasteiger partial charge in [-0.25, -0.2) is 9.48 Å². The smallest absolute Gasteiger partial charge is 0.363 e. The normalized spacial score (nSPS) is 11.4. The topological polar surface area (TPSA) is 91.7 Å². The van der Waals surface area contributed by atoms with Gasteiger partial charge in [0.25, 0.3) is 5.91 Å². The third-order valence-corrected chi connectivity index (χ3v) is 4.20. The van der Waals surface area contributed by atoms with Crippen LogP contribution in [0.3, 0.4) is 0 Å². The highest BCUT2D eigenvalue weighted by Crippen LogP contribution is 2.21. The molecule has 0 saturated carbocycles. The number of aromatic nitrogens is 2. The zero-order chi connectivity index (χ0) is 21.5. The summed E-state index contributed by atoms with van der Waals surface area (Å²) in [6, 6.07) is 16.2. The Morgan fingerprint density at radius 3 is 2.43 bits per heavy atom. The number of methoxy groups -OCH3 is 1. The molecular weight excluding hydrogens is 386 g/mol. The van der Waals surface area contributed by atoms with Crippen LogP contribution in [-0.4, -0.2) is 41.5 Å². The van der Waals surface area contributed by atoms with E-state index >= 15 is 0 Å². The standard InChI is InChI=1S/C22H23N3O5/c1-4-29-18-12-10-16(11-13-18)23-21(26)15(2)30-22(27)20-19(28-3)14-25(24-20)17-8-6-5-7-9-17/h5-15H,4H2,1-3H3,(H,23,26)/t15-/m0/s1. The maximum Gasteiger partial charge on any atom is 0.363 e. The minimum absolute atomic E-state index is 0.0120. The molecule has 0 aliphatic carbocycles. The highest BCUT2D eigenvalue weighted by molar-refractivity contribution is 5.97. The number of carbonyl (C=O) groups is 2. The van der Waals surface area contributed by atoms with Crippen molar-refractivity contribution in [3.05, 3.63) is 66.5 Å². The molecule has 0 fully saturated rings. The lowest BCUT2D eigenvalue weighted by atomic mass is 10.3. The van der Waals surface area contributed by atoms with E-state index < -0.39 is 18.0 Å². The SMILES string of the molecule is CCOc1ccc(NC(=O)[C@H](C)OC(=O)c2nn(-c3ccccc3)cc2OC)cc1.